The number of fused-ring (bicyclic) bond motifs is 6. The number of ether oxygens (including phenoxy) is 1. The Morgan fingerprint density at radius 3 is 2.42 bits per heavy atom. The van der Waals surface area contributed by atoms with Crippen molar-refractivity contribution in [1.82, 2.24) is 24.4 Å². The summed E-state index contributed by atoms with van der Waals surface area (Å²) >= 11 is 0. The number of nitrogens with zero attached hydrogens (tertiary/aromatic N) is 5. The molecule has 1 saturated heterocycles. The molecule has 11 nitrogen and oxygen atoms in total. The van der Waals surface area contributed by atoms with Gasteiger partial charge in [0.25, 0.3) is 5.56 Å². The summed E-state index contributed by atoms with van der Waals surface area (Å²) in [6.07, 6.45) is 3.14. The number of amides is 1. The Morgan fingerprint density at radius 2 is 1.76 bits per heavy atom. The van der Waals surface area contributed by atoms with Gasteiger partial charge in [0.1, 0.15) is 12.1 Å². The Hall–Kier alpha value is -5.33. The zero-order valence-corrected chi connectivity index (χ0v) is 28.8. The number of oxazole rings is 1. The third-order valence-electron chi connectivity index (χ3n) is 9.81. The molecule has 0 bridgehead atoms. The monoisotopic (exact) mass is 684 g/mol. The largest absolute Gasteiger partial charge is 0.486 e. The Labute approximate surface area is 286 Å². The fourth-order valence-electron chi connectivity index (χ4n) is 7.48. The van der Waals surface area contributed by atoms with Crippen molar-refractivity contribution in [3.63, 3.8) is 0 Å². The number of halogens is 2. The van der Waals surface area contributed by atoms with E-state index >= 15 is 13.6 Å². The number of nitrogens with one attached hydrogen (secondary N) is 1. The summed E-state index contributed by atoms with van der Waals surface area (Å²) in [5.41, 5.74) is 1.02. The molecule has 0 radical (unpaired) electrons. The molecule has 0 spiro atoms. The van der Waals surface area contributed by atoms with E-state index < -0.39 is 28.5 Å². The number of piperazine rings is 1. The van der Waals surface area contributed by atoms with Crippen LogP contribution in [-0.2, 0) is 4.79 Å². The highest BCUT2D eigenvalue weighted by molar-refractivity contribution is 6.02. The third kappa shape index (κ3) is 5.00. The van der Waals surface area contributed by atoms with Crippen LogP contribution in [0.1, 0.15) is 69.8 Å². The smallest absolute Gasteiger partial charge is 0.417 e. The van der Waals surface area contributed by atoms with Crippen molar-refractivity contribution in [3.8, 4) is 22.6 Å². The van der Waals surface area contributed by atoms with Gasteiger partial charge < -0.3 is 19.0 Å². The summed E-state index contributed by atoms with van der Waals surface area (Å²) < 4.78 is 47.5. The van der Waals surface area contributed by atoms with Crippen LogP contribution in [0, 0.1) is 18.6 Å². The van der Waals surface area contributed by atoms with Gasteiger partial charge in [0.2, 0.25) is 11.7 Å². The minimum Gasteiger partial charge on any atom is -0.486 e. The van der Waals surface area contributed by atoms with Crippen LogP contribution in [0.4, 0.5) is 14.5 Å². The Balaban J connectivity index is 1.65. The minimum absolute atomic E-state index is 0.00943. The highest BCUT2D eigenvalue weighted by Gasteiger charge is 2.40. The second kappa shape index (κ2) is 12.2. The van der Waals surface area contributed by atoms with E-state index in [9.17, 15) is 9.59 Å². The summed E-state index contributed by atoms with van der Waals surface area (Å²) in [6.45, 7) is 15.6. The average molecular weight is 685 g/mol. The number of benzene rings is 2. The third-order valence-corrected chi connectivity index (χ3v) is 9.81. The lowest BCUT2D eigenvalue weighted by molar-refractivity contribution is -0.129. The van der Waals surface area contributed by atoms with Crippen LogP contribution in [-0.4, -0.2) is 62.1 Å². The van der Waals surface area contributed by atoms with Gasteiger partial charge in [-0.05, 0) is 49.5 Å². The number of hydrogen-bond donors (Lipinski definition) is 1. The lowest BCUT2D eigenvalue weighted by Gasteiger charge is -2.45. The lowest BCUT2D eigenvalue weighted by Crippen LogP contribution is -2.59. The molecule has 50 heavy (non-hydrogen) atoms. The van der Waals surface area contributed by atoms with Crippen molar-refractivity contribution in [2.24, 2.45) is 0 Å². The van der Waals surface area contributed by atoms with E-state index in [1.54, 1.807) is 24.0 Å². The summed E-state index contributed by atoms with van der Waals surface area (Å²) in [4.78, 5) is 55.4. The van der Waals surface area contributed by atoms with Crippen molar-refractivity contribution >= 4 is 33.6 Å². The molecule has 1 fully saturated rings. The molecule has 0 saturated carbocycles. The van der Waals surface area contributed by atoms with Crippen molar-refractivity contribution < 1.29 is 22.7 Å². The van der Waals surface area contributed by atoms with Crippen LogP contribution in [0.15, 0.2) is 51.2 Å². The number of pyridine rings is 1. The van der Waals surface area contributed by atoms with Gasteiger partial charge in [-0.25, -0.2) is 23.5 Å². The van der Waals surface area contributed by atoms with Gasteiger partial charge in [0, 0.05) is 36.5 Å². The number of carbonyl (C=O) groups excluding carboxylic acids is 1. The van der Waals surface area contributed by atoms with E-state index in [2.05, 4.69) is 21.5 Å². The van der Waals surface area contributed by atoms with Crippen molar-refractivity contribution in [2.45, 2.75) is 71.9 Å². The topological polar surface area (TPSA) is 127 Å². The zero-order valence-electron chi connectivity index (χ0n) is 28.8. The molecule has 13 heteroatoms. The first-order valence-corrected chi connectivity index (χ1v) is 16.7. The highest BCUT2D eigenvalue weighted by atomic mass is 19.1. The van der Waals surface area contributed by atoms with Crippen LogP contribution < -0.4 is 21.0 Å². The molecule has 7 rings (SSSR count). The number of hydrogen-bond acceptors (Lipinski definition) is 8. The molecule has 2 atom stereocenters. The SMILES string of the molecule is C=CC(=O)N1CC2CCOc3c(c4cc(F)c(-c5c(C)ccc6[nH]c(=O)oc56)c(F)c4n(-c4c(C(C)C)ncnc4C(C)C)c3=O)N2CC1C. The molecule has 260 valence electrons. The van der Waals surface area contributed by atoms with Gasteiger partial charge in [0.15, 0.2) is 11.4 Å². The molecule has 1 N–H and O–H groups in total. The summed E-state index contributed by atoms with van der Waals surface area (Å²) in [5.74, 6) is -3.41. The molecule has 2 aliphatic heterocycles. The molecule has 3 aromatic heterocycles. The number of H-pyrrole nitrogens is 1. The first-order chi connectivity index (χ1) is 23.8. The van der Waals surface area contributed by atoms with Crippen molar-refractivity contribution in [1.29, 1.82) is 0 Å². The van der Waals surface area contributed by atoms with Crippen LogP contribution in [0.25, 0.3) is 38.8 Å². The highest BCUT2D eigenvalue weighted by Crippen LogP contribution is 2.45. The molecule has 2 aromatic carbocycles. The van der Waals surface area contributed by atoms with E-state index in [0.29, 0.717) is 35.6 Å². The first-order valence-electron chi connectivity index (χ1n) is 16.7. The van der Waals surface area contributed by atoms with Gasteiger partial charge in [-0.15, -0.1) is 0 Å². The maximum atomic E-state index is 17.8. The summed E-state index contributed by atoms with van der Waals surface area (Å²) in [5, 5.41) is 0.106. The van der Waals surface area contributed by atoms with Gasteiger partial charge in [-0.1, -0.05) is 40.3 Å². The second-order valence-corrected chi connectivity index (χ2v) is 13.7. The fraction of sp³-hybridized carbons (Fsp3) is 0.378. The van der Waals surface area contributed by atoms with Crippen molar-refractivity contribution in [3.05, 3.63) is 86.7 Å². The number of carbonyl (C=O) groups is 1. The Morgan fingerprint density at radius 1 is 1.06 bits per heavy atom. The van der Waals surface area contributed by atoms with Gasteiger partial charge in [-0.3, -0.25) is 19.1 Å². The molecule has 2 aliphatic rings. The minimum atomic E-state index is -1.03. The molecule has 1 amide bonds. The maximum Gasteiger partial charge on any atom is 0.417 e. The van der Waals surface area contributed by atoms with Crippen LogP contribution in [0.2, 0.25) is 0 Å². The molecule has 2 unspecified atom stereocenters. The summed E-state index contributed by atoms with van der Waals surface area (Å²) in [7, 11) is 0. The number of aromatic amines is 1. The number of anilines is 1. The molecule has 5 heterocycles. The second-order valence-electron chi connectivity index (χ2n) is 13.7. The molecular formula is C37H38F2N6O5. The van der Waals surface area contributed by atoms with Crippen LogP contribution in [0.3, 0.4) is 0 Å². The average Bonchev–Trinajstić information content (AvgIpc) is 3.35. The van der Waals surface area contributed by atoms with E-state index in [1.807, 2.05) is 39.5 Å². The van der Waals surface area contributed by atoms with E-state index in [-0.39, 0.29) is 82.0 Å². The van der Waals surface area contributed by atoms with Gasteiger partial charge in [-0.2, -0.15) is 0 Å². The first kappa shape index (κ1) is 33.2. The maximum absolute atomic E-state index is 17.8. The van der Waals surface area contributed by atoms with E-state index in [0.717, 1.165) is 0 Å². The lowest BCUT2D eigenvalue weighted by atomic mass is 9.94. The predicted octanol–water partition coefficient (Wildman–Crippen LogP) is 6.09. The van der Waals surface area contributed by atoms with E-state index in [1.165, 1.54) is 23.0 Å². The van der Waals surface area contributed by atoms with Gasteiger partial charge >= 0.3 is 5.76 Å². The van der Waals surface area contributed by atoms with Gasteiger partial charge in [0.05, 0.1) is 52.0 Å². The molecule has 5 aromatic rings. The number of aryl methyl sites for hydroxylation is 1. The quantitative estimate of drug-likeness (QED) is 0.221. The van der Waals surface area contributed by atoms with E-state index in [4.69, 9.17) is 9.15 Å². The Bertz CT molecular complexity index is 2320. The van der Waals surface area contributed by atoms with Crippen molar-refractivity contribution in [2.75, 3.05) is 24.6 Å². The normalized spacial score (nSPS) is 17.6. The van der Waals surface area contributed by atoms with Crippen LogP contribution in [0.5, 0.6) is 5.75 Å². The predicted molar refractivity (Wildman–Crippen MR) is 186 cm³/mol. The molecular weight excluding hydrogens is 646 g/mol. The zero-order chi connectivity index (χ0) is 35.8. The number of rotatable bonds is 5. The Kier molecular flexibility index (Phi) is 8.11. The standard InChI is InChI=1S/C37H38F2N6O5/c1-8-25(46)43-15-21-11-12-49-35-32(44(21)14-20(43)7)22-13-23(38)27(26-19(6)9-10-24-34(26)50-37(48)42-24)28(39)31(22)45(36(35)47)33-29(17(2)3)40-16-41-30(33)18(4)5/h8-10,13,16-18,20-21H,1,11-12,14-15H2,2-7H3,(H,42,48). The summed E-state index contributed by atoms with van der Waals surface area (Å²) in [6, 6.07) is 3.83. The number of aromatic nitrogens is 4. The molecule has 0 aliphatic carbocycles. The van der Waals surface area contributed by atoms with Crippen LogP contribution >= 0.6 is 0 Å². The fourth-order valence-corrected chi connectivity index (χ4v) is 7.48.